The quantitative estimate of drug-likeness (QED) is 0.666. The maximum absolute atomic E-state index is 8.41. The van der Waals surface area contributed by atoms with Crippen molar-refractivity contribution in [2.75, 3.05) is 7.11 Å². The van der Waals surface area contributed by atoms with Crippen molar-refractivity contribution in [2.45, 2.75) is 0 Å². The van der Waals surface area contributed by atoms with Crippen LogP contribution in [0.4, 0.5) is 0 Å². The van der Waals surface area contributed by atoms with E-state index >= 15 is 0 Å². The molecule has 0 aliphatic heterocycles. The molecule has 10 heavy (non-hydrogen) atoms. The summed E-state index contributed by atoms with van der Waals surface area (Å²) >= 11 is 0. The molecule has 0 aliphatic rings. The first-order valence-electron chi connectivity index (χ1n) is 2.91. The van der Waals surface area contributed by atoms with Gasteiger partial charge in [-0.25, -0.2) is 0 Å². The highest BCUT2D eigenvalue weighted by molar-refractivity contribution is 5.29. The van der Waals surface area contributed by atoms with Gasteiger partial charge in [0, 0.05) is 0 Å². The number of hydrogen-bond donors (Lipinski definition) is 1. The molecular formula is C8H8O2. The lowest BCUT2D eigenvalue weighted by molar-refractivity contribution is 0.409. The van der Waals surface area contributed by atoms with Gasteiger partial charge in [-0.1, -0.05) is 12.1 Å². The minimum Gasteiger partial charge on any atom is -0.497 e. The second-order valence-electron chi connectivity index (χ2n) is 1.84. The van der Waals surface area contributed by atoms with E-state index in [0.29, 0.717) is 5.56 Å². The summed E-state index contributed by atoms with van der Waals surface area (Å²) in [6.07, 6.45) is 0. The monoisotopic (exact) mass is 136 g/mol. The second kappa shape index (κ2) is 3.22. The van der Waals surface area contributed by atoms with E-state index in [9.17, 15) is 0 Å². The summed E-state index contributed by atoms with van der Waals surface area (Å²) in [4.78, 5) is 0. The van der Waals surface area contributed by atoms with E-state index in [1.165, 1.54) is 0 Å². The van der Waals surface area contributed by atoms with E-state index in [1.54, 1.807) is 31.4 Å². The number of rotatable bonds is 2. The highest BCUT2D eigenvalue weighted by Gasteiger charge is 1.91. The summed E-state index contributed by atoms with van der Waals surface area (Å²) in [5, 5.41) is 8.41. The fourth-order valence-electron chi connectivity index (χ4n) is 0.666. The van der Waals surface area contributed by atoms with Crippen LogP contribution in [0.15, 0.2) is 24.3 Å². The van der Waals surface area contributed by atoms with Crippen LogP contribution in [-0.4, -0.2) is 12.2 Å². The van der Waals surface area contributed by atoms with E-state index in [4.69, 9.17) is 9.84 Å². The molecule has 0 bridgehead atoms. The van der Waals surface area contributed by atoms with E-state index < -0.39 is 0 Å². The van der Waals surface area contributed by atoms with Crippen molar-refractivity contribution in [3.05, 3.63) is 36.4 Å². The third-order valence-electron chi connectivity index (χ3n) is 1.22. The van der Waals surface area contributed by atoms with Crippen LogP contribution in [0, 0.1) is 6.61 Å². The Hall–Kier alpha value is -1.02. The van der Waals surface area contributed by atoms with Crippen LogP contribution >= 0.6 is 0 Å². The molecule has 0 spiro atoms. The summed E-state index contributed by atoms with van der Waals surface area (Å²) < 4.78 is 4.90. The van der Waals surface area contributed by atoms with E-state index in [0.717, 1.165) is 5.75 Å². The zero-order valence-electron chi connectivity index (χ0n) is 5.66. The van der Waals surface area contributed by atoms with Crippen molar-refractivity contribution in [3.63, 3.8) is 0 Å². The maximum atomic E-state index is 8.41. The van der Waals surface area contributed by atoms with Crippen molar-refractivity contribution >= 4 is 0 Å². The average Bonchev–Trinajstić information content (AvgIpc) is 2.05. The molecule has 0 saturated heterocycles. The fraction of sp³-hybridized carbons (Fsp3) is 0.125. The standard InChI is InChI=1S/C8H8O2/c1-10-8-4-2-7(6-9)3-5-8/h2-5,9H,1H3. The smallest absolute Gasteiger partial charge is 0.162 e. The van der Waals surface area contributed by atoms with E-state index in [-0.39, 0.29) is 0 Å². The van der Waals surface area contributed by atoms with Gasteiger partial charge in [0.2, 0.25) is 0 Å². The number of ether oxygens (including phenoxy) is 1. The Morgan fingerprint density at radius 1 is 1.30 bits per heavy atom. The molecule has 1 aromatic carbocycles. The Morgan fingerprint density at radius 3 is 2.30 bits per heavy atom. The molecule has 2 nitrogen and oxygen atoms in total. The van der Waals surface area contributed by atoms with Crippen LogP contribution < -0.4 is 4.74 Å². The van der Waals surface area contributed by atoms with Gasteiger partial charge in [-0.2, -0.15) is 0 Å². The molecular weight excluding hydrogens is 128 g/mol. The van der Waals surface area contributed by atoms with Crippen molar-refractivity contribution < 1.29 is 9.84 Å². The maximum Gasteiger partial charge on any atom is 0.162 e. The third-order valence-corrected chi connectivity index (χ3v) is 1.22. The fourth-order valence-corrected chi connectivity index (χ4v) is 0.666. The topological polar surface area (TPSA) is 29.5 Å². The Balaban J connectivity index is 2.80. The third kappa shape index (κ3) is 1.48. The highest BCUT2D eigenvalue weighted by Crippen LogP contribution is 2.11. The number of aliphatic hydroxyl groups excluding tert-OH is 1. The number of hydrogen-bond acceptors (Lipinski definition) is 2. The Kier molecular flexibility index (Phi) is 2.29. The zero-order chi connectivity index (χ0) is 7.40. The normalized spacial score (nSPS) is 9.40. The molecule has 0 fully saturated rings. The predicted octanol–water partition coefficient (Wildman–Crippen LogP) is 1.45. The molecule has 1 aromatic rings. The van der Waals surface area contributed by atoms with Crippen LogP contribution in [0.1, 0.15) is 5.56 Å². The van der Waals surface area contributed by atoms with Crippen molar-refractivity contribution in [1.29, 1.82) is 0 Å². The first kappa shape index (κ1) is 7.09. The van der Waals surface area contributed by atoms with Crippen LogP contribution in [0.5, 0.6) is 5.75 Å². The van der Waals surface area contributed by atoms with E-state index in [1.807, 2.05) is 6.61 Å². The molecule has 1 N–H and O–H groups in total. The largest absolute Gasteiger partial charge is 0.497 e. The molecule has 0 amide bonds. The number of aliphatic hydroxyl groups is 1. The van der Waals surface area contributed by atoms with Gasteiger partial charge in [0.05, 0.1) is 7.11 Å². The molecule has 0 saturated carbocycles. The Bertz CT molecular complexity index is 168. The van der Waals surface area contributed by atoms with Crippen LogP contribution in [0.25, 0.3) is 0 Å². The lowest BCUT2D eigenvalue weighted by atomic mass is 10.2. The van der Waals surface area contributed by atoms with Gasteiger partial charge in [-0.05, 0) is 17.7 Å². The minimum absolute atomic E-state index is 0.654. The zero-order valence-corrected chi connectivity index (χ0v) is 5.66. The Morgan fingerprint density at radius 2 is 1.90 bits per heavy atom. The molecule has 0 heterocycles. The molecule has 0 atom stereocenters. The molecule has 0 aliphatic carbocycles. The van der Waals surface area contributed by atoms with Gasteiger partial charge < -0.3 is 9.84 Å². The van der Waals surface area contributed by atoms with Crippen molar-refractivity contribution in [2.24, 2.45) is 0 Å². The second-order valence-corrected chi connectivity index (χ2v) is 1.84. The predicted molar refractivity (Wildman–Crippen MR) is 37.3 cm³/mol. The van der Waals surface area contributed by atoms with Gasteiger partial charge in [-0.3, -0.25) is 0 Å². The summed E-state index contributed by atoms with van der Waals surface area (Å²) in [7, 11) is 1.60. The highest BCUT2D eigenvalue weighted by atomic mass is 16.5. The first-order valence-corrected chi connectivity index (χ1v) is 2.91. The molecule has 0 unspecified atom stereocenters. The lowest BCUT2D eigenvalue weighted by Crippen LogP contribution is -1.83. The van der Waals surface area contributed by atoms with Crippen LogP contribution in [0.2, 0.25) is 0 Å². The van der Waals surface area contributed by atoms with Gasteiger partial charge in [0.1, 0.15) is 5.75 Å². The average molecular weight is 136 g/mol. The SMILES string of the molecule is COc1ccc([C]O)cc1. The van der Waals surface area contributed by atoms with Gasteiger partial charge >= 0.3 is 0 Å². The molecule has 1 rings (SSSR count). The lowest BCUT2D eigenvalue weighted by Gasteiger charge is -1.98. The number of methoxy groups -OCH3 is 1. The van der Waals surface area contributed by atoms with Crippen LogP contribution in [-0.2, 0) is 0 Å². The Labute approximate surface area is 60.1 Å². The summed E-state index contributed by atoms with van der Waals surface area (Å²) in [6.45, 7) is 2.02. The van der Waals surface area contributed by atoms with Crippen molar-refractivity contribution in [1.82, 2.24) is 0 Å². The molecule has 2 heteroatoms. The van der Waals surface area contributed by atoms with Gasteiger partial charge in [0.25, 0.3) is 0 Å². The van der Waals surface area contributed by atoms with Gasteiger partial charge in [-0.15, -0.1) is 0 Å². The summed E-state index contributed by atoms with van der Waals surface area (Å²) in [5.41, 5.74) is 0.654. The van der Waals surface area contributed by atoms with E-state index in [2.05, 4.69) is 0 Å². The first-order chi connectivity index (χ1) is 4.86. The summed E-state index contributed by atoms with van der Waals surface area (Å²) in [5.74, 6) is 0.777. The minimum atomic E-state index is 0.654. The number of benzene rings is 1. The van der Waals surface area contributed by atoms with Gasteiger partial charge in [0.15, 0.2) is 6.61 Å². The molecule has 0 aromatic heterocycles. The van der Waals surface area contributed by atoms with Crippen molar-refractivity contribution in [3.8, 4) is 5.75 Å². The molecule has 2 radical (unpaired) electrons. The molecule has 52 valence electrons. The summed E-state index contributed by atoms with van der Waals surface area (Å²) in [6, 6.07) is 6.97. The van der Waals surface area contributed by atoms with Crippen LogP contribution in [0.3, 0.4) is 0 Å².